The molecule has 1 aliphatic rings. The largest absolute Gasteiger partial charge is 0.457 e. The summed E-state index contributed by atoms with van der Waals surface area (Å²) < 4.78 is 11.1. The Morgan fingerprint density at radius 3 is 2.51 bits per heavy atom. The second-order valence-corrected chi connectivity index (χ2v) is 9.72. The fourth-order valence-corrected chi connectivity index (χ4v) is 3.98. The monoisotopic (exact) mass is 486 g/mol. The number of aliphatic hydroxyl groups is 3. The summed E-state index contributed by atoms with van der Waals surface area (Å²) >= 11 is 0. The molecule has 7 nitrogen and oxygen atoms in total. The van der Waals surface area contributed by atoms with Crippen molar-refractivity contribution in [2.75, 3.05) is 0 Å². The molecule has 192 valence electrons. The van der Waals surface area contributed by atoms with Crippen molar-refractivity contribution < 1.29 is 34.4 Å². The zero-order valence-corrected chi connectivity index (χ0v) is 21.2. The molecule has 35 heavy (non-hydrogen) atoms. The Bertz CT molecular complexity index is 943. The fraction of sp³-hybridized carbons (Fsp3) is 0.500. The molecule has 2 rings (SSSR count). The molecule has 1 aromatic rings. The summed E-state index contributed by atoms with van der Waals surface area (Å²) in [6.45, 7) is 8.15. The number of allylic oxidation sites excluding steroid dienone is 2. The van der Waals surface area contributed by atoms with Crippen LogP contribution in [0.25, 0.3) is 0 Å². The summed E-state index contributed by atoms with van der Waals surface area (Å²) in [4.78, 5) is 24.2. The van der Waals surface area contributed by atoms with Gasteiger partial charge in [0.05, 0.1) is 12.5 Å². The Morgan fingerprint density at radius 2 is 1.89 bits per heavy atom. The molecular weight excluding hydrogens is 448 g/mol. The van der Waals surface area contributed by atoms with E-state index in [4.69, 9.17) is 9.47 Å². The number of esters is 2. The van der Waals surface area contributed by atoms with Crippen molar-refractivity contribution in [2.45, 2.75) is 83.4 Å². The number of benzene rings is 1. The molecule has 3 N–H and O–H groups in total. The molecule has 7 heteroatoms. The zero-order chi connectivity index (χ0) is 26.2. The van der Waals surface area contributed by atoms with Gasteiger partial charge in [-0.15, -0.1) is 0 Å². The summed E-state index contributed by atoms with van der Waals surface area (Å²) in [5.41, 5.74) is -1.14. The number of aliphatic hydroxyl groups excluding tert-OH is 1. The van der Waals surface area contributed by atoms with Gasteiger partial charge in [0, 0.05) is 12.8 Å². The molecule has 1 unspecified atom stereocenters. The molecule has 0 spiro atoms. The van der Waals surface area contributed by atoms with Crippen molar-refractivity contribution >= 4 is 11.9 Å². The van der Waals surface area contributed by atoms with Gasteiger partial charge in [-0.25, -0.2) is 0 Å². The topological polar surface area (TPSA) is 113 Å². The third-order valence-corrected chi connectivity index (χ3v) is 6.20. The first kappa shape index (κ1) is 28.5. The maximum Gasteiger partial charge on any atom is 0.309 e. The first-order chi connectivity index (χ1) is 16.3. The number of hydrogen-bond acceptors (Lipinski definition) is 7. The van der Waals surface area contributed by atoms with Crippen LogP contribution in [0.15, 0.2) is 66.3 Å². The second-order valence-electron chi connectivity index (χ2n) is 9.72. The summed E-state index contributed by atoms with van der Waals surface area (Å²) in [5.74, 6) is -1.41. The Hall–Kier alpha value is -2.74. The molecule has 1 heterocycles. The van der Waals surface area contributed by atoms with Gasteiger partial charge in [0.25, 0.3) is 0 Å². The maximum absolute atomic E-state index is 12.5. The molecular formula is C28H38O7. The van der Waals surface area contributed by atoms with Gasteiger partial charge in [0.1, 0.15) is 23.4 Å². The van der Waals surface area contributed by atoms with E-state index in [9.17, 15) is 24.9 Å². The Morgan fingerprint density at radius 1 is 1.23 bits per heavy atom. The summed E-state index contributed by atoms with van der Waals surface area (Å²) in [7, 11) is 0. The van der Waals surface area contributed by atoms with Crippen LogP contribution in [0.1, 0.15) is 59.4 Å². The highest BCUT2D eigenvalue weighted by Gasteiger charge is 2.35. The predicted octanol–water partition coefficient (Wildman–Crippen LogP) is 3.73. The lowest BCUT2D eigenvalue weighted by Crippen LogP contribution is -2.42. The average Bonchev–Trinajstić information content (AvgIpc) is 2.78. The van der Waals surface area contributed by atoms with Crippen LogP contribution in [0.5, 0.6) is 0 Å². The van der Waals surface area contributed by atoms with Crippen molar-refractivity contribution in [1.82, 2.24) is 0 Å². The van der Waals surface area contributed by atoms with Crippen molar-refractivity contribution in [3.05, 3.63) is 71.8 Å². The Labute approximate surface area is 207 Å². The van der Waals surface area contributed by atoms with Crippen molar-refractivity contribution in [2.24, 2.45) is 5.92 Å². The summed E-state index contributed by atoms with van der Waals surface area (Å²) in [5, 5.41) is 32.0. The van der Waals surface area contributed by atoms with Crippen LogP contribution in [0.2, 0.25) is 0 Å². The first-order valence-electron chi connectivity index (χ1n) is 11.9. The molecule has 6 atom stereocenters. The summed E-state index contributed by atoms with van der Waals surface area (Å²) in [6, 6.07) is 9.25. The number of rotatable bonds is 5. The highest BCUT2D eigenvalue weighted by atomic mass is 16.6. The molecule has 0 aliphatic carbocycles. The lowest BCUT2D eigenvalue weighted by Gasteiger charge is -2.32. The van der Waals surface area contributed by atoms with Gasteiger partial charge in [0.2, 0.25) is 0 Å². The number of carbonyl (C=O) groups is 2. The standard InChI is InChI=1S/C28H38O7/c1-19(10-9-16-27(4,32)22-11-7-6-8-12-22)26-20(2)13-14-24(34-21(3)29)28(5,33)17-15-23(30)18-25(31)35-26/h6-14,16,20,23-24,26,30,32-33H,15,17-18H2,1-5H3/b14-13+,16-9+,19-10+/t20-,23+,24+,26+,27?,28+/m0/s1. The molecule has 1 aromatic carbocycles. The first-order valence-corrected chi connectivity index (χ1v) is 11.9. The minimum Gasteiger partial charge on any atom is -0.457 e. The van der Waals surface area contributed by atoms with Crippen LogP contribution < -0.4 is 0 Å². The molecule has 0 fully saturated rings. The van der Waals surface area contributed by atoms with E-state index in [0.717, 1.165) is 11.1 Å². The average molecular weight is 487 g/mol. The normalized spacial score (nSPS) is 31.5. The van der Waals surface area contributed by atoms with Gasteiger partial charge in [-0.1, -0.05) is 55.5 Å². The third kappa shape index (κ3) is 8.76. The quantitative estimate of drug-likeness (QED) is 0.330. The Balaban J connectivity index is 2.33. The number of hydrogen-bond donors (Lipinski definition) is 3. The maximum atomic E-state index is 12.5. The van der Waals surface area contributed by atoms with E-state index in [1.807, 2.05) is 44.2 Å². The van der Waals surface area contributed by atoms with Crippen LogP contribution in [0, 0.1) is 5.92 Å². The highest BCUT2D eigenvalue weighted by molar-refractivity contribution is 5.70. The van der Waals surface area contributed by atoms with Crippen molar-refractivity contribution in [3.8, 4) is 0 Å². The van der Waals surface area contributed by atoms with Gasteiger partial charge >= 0.3 is 11.9 Å². The molecule has 0 bridgehead atoms. The van der Waals surface area contributed by atoms with Gasteiger partial charge in [-0.05, 0) is 56.9 Å². The fourth-order valence-electron chi connectivity index (χ4n) is 3.98. The highest BCUT2D eigenvalue weighted by Crippen LogP contribution is 2.27. The van der Waals surface area contributed by atoms with E-state index >= 15 is 0 Å². The predicted molar refractivity (Wildman–Crippen MR) is 133 cm³/mol. The van der Waals surface area contributed by atoms with E-state index in [1.165, 1.54) is 6.92 Å². The van der Waals surface area contributed by atoms with E-state index in [0.29, 0.717) is 0 Å². The van der Waals surface area contributed by atoms with E-state index in [-0.39, 0.29) is 25.2 Å². The van der Waals surface area contributed by atoms with E-state index in [1.54, 1.807) is 44.2 Å². The number of carbonyl (C=O) groups excluding carboxylic acids is 2. The Kier molecular flexibility index (Phi) is 10.0. The van der Waals surface area contributed by atoms with Crippen LogP contribution in [-0.4, -0.2) is 51.2 Å². The van der Waals surface area contributed by atoms with Gasteiger partial charge < -0.3 is 24.8 Å². The van der Waals surface area contributed by atoms with Gasteiger partial charge in [0.15, 0.2) is 0 Å². The minimum absolute atomic E-state index is 0.132. The molecule has 0 saturated carbocycles. The summed E-state index contributed by atoms with van der Waals surface area (Å²) in [6.07, 6.45) is 5.95. The smallest absolute Gasteiger partial charge is 0.309 e. The third-order valence-electron chi connectivity index (χ3n) is 6.20. The lowest BCUT2D eigenvalue weighted by atomic mass is 9.88. The van der Waals surface area contributed by atoms with Crippen LogP contribution in [0.4, 0.5) is 0 Å². The van der Waals surface area contributed by atoms with E-state index in [2.05, 4.69) is 0 Å². The second kappa shape index (κ2) is 12.3. The molecule has 0 saturated heterocycles. The molecule has 1 aliphatic heterocycles. The number of ether oxygens (including phenoxy) is 2. The zero-order valence-electron chi connectivity index (χ0n) is 21.2. The van der Waals surface area contributed by atoms with Gasteiger partial charge in [-0.2, -0.15) is 0 Å². The minimum atomic E-state index is -1.42. The van der Waals surface area contributed by atoms with Crippen LogP contribution >= 0.6 is 0 Å². The van der Waals surface area contributed by atoms with E-state index < -0.39 is 41.5 Å². The molecule has 0 aromatic heterocycles. The lowest BCUT2D eigenvalue weighted by molar-refractivity contribution is -0.157. The number of cyclic esters (lactones) is 1. The van der Waals surface area contributed by atoms with Crippen molar-refractivity contribution in [1.29, 1.82) is 0 Å². The van der Waals surface area contributed by atoms with Crippen molar-refractivity contribution in [3.63, 3.8) is 0 Å². The van der Waals surface area contributed by atoms with Gasteiger partial charge in [-0.3, -0.25) is 9.59 Å². The van der Waals surface area contributed by atoms with Crippen LogP contribution in [-0.2, 0) is 24.7 Å². The van der Waals surface area contributed by atoms with Crippen LogP contribution in [0.3, 0.4) is 0 Å². The molecule has 0 radical (unpaired) electrons. The SMILES string of the molecule is CC(=O)O[C@@H]1/C=C/[C@H](C)[C@@H](/C(C)=C/C=C/C(C)(O)c2ccccc2)OC(=O)C[C@H](O)CC[C@@]1(C)O. The molecule has 0 amide bonds.